The quantitative estimate of drug-likeness (QED) is 0.899. The van der Waals surface area contributed by atoms with Crippen molar-refractivity contribution in [3.8, 4) is 0 Å². The molecule has 0 aliphatic carbocycles. The Labute approximate surface area is 114 Å². The first-order chi connectivity index (χ1) is 9.22. The zero-order valence-corrected chi connectivity index (χ0v) is 11.6. The van der Waals surface area contributed by atoms with Crippen LogP contribution in [0.3, 0.4) is 0 Å². The second-order valence-corrected chi connectivity index (χ2v) is 4.72. The van der Waals surface area contributed by atoms with Crippen LogP contribution in [0.5, 0.6) is 0 Å². The first-order valence-electron chi connectivity index (χ1n) is 6.77. The maximum absolute atomic E-state index is 12.3. The fraction of sp³-hybridized carbons (Fsp3) is 0.571. The molecule has 0 atom stereocenters. The van der Waals surface area contributed by atoms with Gasteiger partial charge >= 0.3 is 0 Å². The van der Waals surface area contributed by atoms with Crippen molar-refractivity contribution in [3.05, 3.63) is 24.0 Å². The summed E-state index contributed by atoms with van der Waals surface area (Å²) in [5.41, 5.74) is 1.43. The smallest absolute Gasteiger partial charge is 0.272 e. The average molecular weight is 263 g/mol. The summed E-state index contributed by atoms with van der Waals surface area (Å²) in [5, 5.41) is 3.16. The lowest BCUT2D eigenvalue weighted by Crippen LogP contribution is -2.40. The van der Waals surface area contributed by atoms with E-state index in [-0.39, 0.29) is 11.9 Å². The highest BCUT2D eigenvalue weighted by atomic mass is 16.5. The summed E-state index contributed by atoms with van der Waals surface area (Å²) >= 11 is 0. The van der Waals surface area contributed by atoms with Gasteiger partial charge < -0.3 is 15.0 Å². The molecule has 1 fully saturated rings. The van der Waals surface area contributed by atoms with E-state index in [4.69, 9.17) is 4.74 Å². The number of hydrogen-bond donors (Lipinski definition) is 1. The zero-order valence-electron chi connectivity index (χ0n) is 11.6. The fourth-order valence-electron chi connectivity index (χ4n) is 2.25. The largest absolute Gasteiger partial charge is 0.384 e. The molecule has 1 aromatic rings. The lowest BCUT2D eigenvalue weighted by atomic mass is 10.1. The Balaban J connectivity index is 2.01. The first-order valence-corrected chi connectivity index (χ1v) is 6.77. The van der Waals surface area contributed by atoms with E-state index in [1.54, 1.807) is 17.2 Å². The number of anilines is 1. The van der Waals surface area contributed by atoms with Crippen LogP contribution < -0.4 is 5.32 Å². The molecule has 5 heteroatoms. The van der Waals surface area contributed by atoms with E-state index in [1.807, 2.05) is 20.0 Å². The third-order valence-electron chi connectivity index (χ3n) is 3.42. The lowest BCUT2D eigenvalue weighted by molar-refractivity contribution is 0.0359. The molecule has 1 saturated heterocycles. The molecule has 1 aliphatic heterocycles. The summed E-state index contributed by atoms with van der Waals surface area (Å²) in [4.78, 5) is 18.3. The Morgan fingerprint density at radius 2 is 2.21 bits per heavy atom. The Morgan fingerprint density at radius 3 is 2.79 bits per heavy atom. The van der Waals surface area contributed by atoms with Crippen LogP contribution in [-0.2, 0) is 4.74 Å². The molecule has 104 valence electrons. The van der Waals surface area contributed by atoms with Crippen LogP contribution in [0, 0.1) is 0 Å². The van der Waals surface area contributed by atoms with Gasteiger partial charge in [-0.25, -0.2) is 4.98 Å². The van der Waals surface area contributed by atoms with Gasteiger partial charge in [-0.2, -0.15) is 0 Å². The second kappa shape index (κ2) is 6.52. The number of amides is 1. The van der Waals surface area contributed by atoms with E-state index in [2.05, 4.69) is 10.3 Å². The minimum atomic E-state index is -0.0186. The standard InChI is InChI=1S/C14H21N3O2/c1-3-15-11-4-5-13(16-10-11)14(18)17(2)12-6-8-19-9-7-12/h4-5,10,12,15H,3,6-9H2,1-2H3. The third kappa shape index (κ3) is 3.44. The van der Waals surface area contributed by atoms with Crippen molar-refractivity contribution >= 4 is 11.6 Å². The number of pyridine rings is 1. The molecule has 0 saturated carbocycles. The summed E-state index contributed by atoms with van der Waals surface area (Å²) < 4.78 is 5.32. The molecule has 0 spiro atoms. The Hall–Kier alpha value is -1.62. The number of hydrogen-bond acceptors (Lipinski definition) is 4. The molecular formula is C14H21N3O2. The Morgan fingerprint density at radius 1 is 1.47 bits per heavy atom. The molecule has 5 nitrogen and oxygen atoms in total. The van der Waals surface area contributed by atoms with Crippen molar-refractivity contribution in [2.24, 2.45) is 0 Å². The average Bonchev–Trinajstić information content (AvgIpc) is 2.48. The summed E-state index contributed by atoms with van der Waals surface area (Å²) in [6, 6.07) is 3.93. The first kappa shape index (κ1) is 13.8. The predicted octanol–water partition coefficient (Wildman–Crippen LogP) is 1.76. The number of ether oxygens (including phenoxy) is 1. The molecule has 0 unspecified atom stereocenters. The van der Waals surface area contributed by atoms with E-state index < -0.39 is 0 Å². The highest BCUT2D eigenvalue weighted by Crippen LogP contribution is 2.15. The van der Waals surface area contributed by atoms with Gasteiger partial charge in [0.1, 0.15) is 5.69 Å². The maximum atomic E-state index is 12.3. The Kier molecular flexibility index (Phi) is 4.74. The van der Waals surface area contributed by atoms with E-state index >= 15 is 0 Å². The molecule has 0 bridgehead atoms. The highest BCUT2D eigenvalue weighted by Gasteiger charge is 2.23. The molecule has 0 aromatic carbocycles. The molecule has 19 heavy (non-hydrogen) atoms. The van der Waals surface area contributed by atoms with E-state index in [9.17, 15) is 4.79 Å². The number of carbonyl (C=O) groups is 1. The zero-order chi connectivity index (χ0) is 13.7. The number of nitrogens with zero attached hydrogens (tertiary/aromatic N) is 2. The van der Waals surface area contributed by atoms with Gasteiger partial charge in [-0.1, -0.05) is 0 Å². The van der Waals surface area contributed by atoms with Gasteiger partial charge in [-0.3, -0.25) is 4.79 Å². The fourth-order valence-corrected chi connectivity index (χ4v) is 2.25. The van der Waals surface area contributed by atoms with Crippen LogP contribution in [0.4, 0.5) is 5.69 Å². The lowest BCUT2D eigenvalue weighted by Gasteiger charge is -2.31. The van der Waals surface area contributed by atoms with E-state index in [0.29, 0.717) is 5.69 Å². The van der Waals surface area contributed by atoms with Crippen molar-refractivity contribution in [1.29, 1.82) is 0 Å². The summed E-state index contributed by atoms with van der Waals surface area (Å²) in [5.74, 6) is -0.0186. The molecular weight excluding hydrogens is 242 g/mol. The van der Waals surface area contributed by atoms with Crippen molar-refractivity contribution in [2.75, 3.05) is 32.1 Å². The minimum Gasteiger partial charge on any atom is -0.384 e. The van der Waals surface area contributed by atoms with Gasteiger partial charge in [0, 0.05) is 32.8 Å². The minimum absolute atomic E-state index is 0.0186. The van der Waals surface area contributed by atoms with Gasteiger partial charge in [0.05, 0.1) is 11.9 Å². The SMILES string of the molecule is CCNc1ccc(C(=O)N(C)C2CCOCC2)nc1. The normalized spacial score (nSPS) is 16.1. The summed E-state index contributed by atoms with van der Waals surface area (Å²) in [6.07, 6.45) is 3.50. The van der Waals surface area contributed by atoms with Gasteiger partial charge in [0.2, 0.25) is 0 Å². The molecule has 1 aliphatic rings. The van der Waals surface area contributed by atoms with Gasteiger partial charge in [-0.05, 0) is 31.9 Å². The number of nitrogens with one attached hydrogen (secondary N) is 1. The monoisotopic (exact) mass is 263 g/mol. The van der Waals surface area contributed by atoms with Crippen LogP contribution in [0.15, 0.2) is 18.3 Å². The van der Waals surface area contributed by atoms with Crippen molar-refractivity contribution < 1.29 is 9.53 Å². The van der Waals surface area contributed by atoms with Crippen molar-refractivity contribution in [1.82, 2.24) is 9.88 Å². The van der Waals surface area contributed by atoms with Crippen LogP contribution in [0.25, 0.3) is 0 Å². The van der Waals surface area contributed by atoms with Crippen LogP contribution in [0.2, 0.25) is 0 Å². The topological polar surface area (TPSA) is 54.5 Å². The van der Waals surface area contributed by atoms with Crippen LogP contribution in [-0.4, -0.2) is 48.6 Å². The second-order valence-electron chi connectivity index (χ2n) is 4.72. The van der Waals surface area contributed by atoms with E-state index in [0.717, 1.165) is 38.3 Å². The molecule has 1 amide bonds. The number of rotatable bonds is 4. The van der Waals surface area contributed by atoms with Crippen LogP contribution in [0.1, 0.15) is 30.3 Å². The molecule has 1 aromatic heterocycles. The molecule has 2 rings (SSSR count). The van der Waals surface area contributed by atoms with Gasteiger partial charge in [-0.15, -0.1) is 0 Å². The highest BCUT2D eigenvalue weighted by molar-refractivity contribution is 5.92. The third-order valence-corrected chi connectivity index (χ3v) is 3.42. The summed E-state index contributed by atoms with van der Waals surface area (Å²) in [6.45, 7) is 4.33. The molecule has 1 N–H and O–H groups in total. The summed E-state index contributed by atoms with van der Waals surface area (Å²) in [7, 11) is 1.85. The predicted molar refractivity (Wildman–Crippen MR) is 74.3 cm³/mol. The van der Waals surface area contributed by atoms with Gasteiger partial charge in [0.15, 0.2) is 0 Å². The molecule has 0 radical (unpaired) electrons. The number of aromatic nitrogens is 1. The van der Waals surface area contributed by atoms with E-state index in [1.165, 1.54) is 0 Å². The number of carbonyl (C=O) groups excluding carboxylic acids is 1. The Bertz CT molecular complexity index is 413. The maximum Gasteiger partial charge on any atom is 0.272 e. The van der Waals surface area contributed by atoms with Gasteiger partial charge in [0.25, 0.3) is 5.91 Å². The molecule has 2 heterocycles. The van der Waals surface area contributed by atoms with Crippen molar-refractivity contribution in [3.63, 3.8) is 0 Å². The van der Waals surface area contributed by atoms with Crippen LogP contribution >= 0.6 is 0 Å². The van der Waals surface area contributed by atoms with Crippen molar-refractivity contribution in [2.45, 2.75) is 25.8 Å².